The van der Waals surface area contributed by atoms with Crippen LogP contribution in [0, 0.1) is 24.0 Å². The number of nitrogens with one attached hydrogen (secondary N) is 1. The van der Waals surface area contributed by atoms with E-state index in [4.69, 9.17) is 0 Å². The standard InChI is InChI=1S/C12H16N6O3/c1-8-4-10(15-16(8)3)5-13-12(19)7-17-6-11(18(20)21)9(2)14-17/h4,6H,5,7H2,1-3H3,(H,13,19). The van der Waals surface area contributed by atoms with Crippen molar-refractivity contribution in [3.05, 3.63) is 39.5 Å². The highest BCUT2D eigenvalue weighted by Crippen LogP contribution is 2.14. The van der Waals surface area contributed by atoms with E-state index in [9.17, 15) is 14.9 Å². The van der Waals surface area contributed by atoms with E-state index in [0.717, 1.165) is 11.4 Å². The van der Waals surface area contributed by atoms with E-state index >= 15 is 0 Å². The van der Waals surface area contributed by atoms with Gasteiger partial charge in [-0.15, -0.1) is 0 Å². The maximum Gasteiger partial charge on any atom is 0.309 e. The first kappa shape index (κ1) is 14.7. The van der Waals surface area contributed by atoms with Crippen LogP contribution in [0.2, 0.25) is 0 Å². The fourth-order valence-electron chi connectivity index (χ4n) is 1.88. The Kier molecular flexibility index (Phi) is 4.01. The van der Waals surface area contributed by atoms with Gasteiger partial charge in [-0.2, -0.15) is 10.2 Å². The summed E-state index contributed by atoms with van der Waals surface area (Å²) in [4.78, 5) is 22.0. The summed E-state index contributed by atoms with van der Waals surface area (Å²) in [7, 11) is 1.83. The Morgan fingerprint density at radius 3 is 2.67 bits per heavy atom. The van der Waals surface area contributed by atoms with Gasteiger partial charge in [-0.25, -0.2) is 0 Å². The SMILES string of the molecule is Cc1nn(CC(=O)NCc2cc(C)n(C)n2)cc1[N+](=O)[O-]. The fraction of sp³-hybridized carbons (Fsp3) is 0.417. The zero-order valence-electron chi connectivity index (χ0n) is 12.0. The molecule has 2 aromatic rings. The minimum Gasteiger partial charge on any atom is -0.349 e. The van der Waals surface area contributed by atoms with Gasteiger partial charge in [0.05, 0.1) is 17.2 Å². The van der Waals surface area contributed by atoms with E-state index in [-0.39, 0.29) is 23.8 Å². The molecule has 0 saturated heterocycles. The molecule has 0 aliphatic carbocycles. The first-order chi connectivity index (χ1) is 9.86. The molecule has 0 fully saturated rings. The molecule has 0 saturated carbocycles. The van der Waals surface area contributed by atoms with Crippen molar-refractivity contribution < 1.29 is 9.72 Å². The molecule has 9 nitrogen and oxygen atoms in total. The number of aromatic nitrogens is 4. The Labute approximate surface area is 120 Å². The number of carbonyl (C=O) groups is 1. The Morgan fingerprint density at radius 1 is 1.43 bits per heavy atom. The van der Waals surface area contributed by atoms with Crippen molar-refractivity contribution >= 4 is 11.6 Å². The van der Waals surface area contributed by atoms with Crippen molar-refractivity contribution in [2.75, 3.05) is 0 Å². The Balaban J connectivity index is 1.92. The van der Waals surface area contributed by atoms with Crippen LogP contribution in [0.1, 0.15) is 17.1 Å². The predicted molar refractivity (Wildman–Crippen MR) is 73.4 cm³/mol. The lowest BCUT2D eigenvalue weighted by molar-refractivity contribution is -0.385. The van der Waals surface area contributed by atoms with Crippen LogP contribution in [-0.2, 0) is 24.9 Å². The van der Waals surface area contributed by atoms with Crippen molar-refractivity contribution in [3.63, 3.8) is 0 Å². The van der Waals surface area contributed by atoms with E-state index in [1.54, 1.807) is 4.68 Å². The lowest BCUT2D eigenvalue weighted by atomic mass is 10.3. The molecule has 0 bridgehead atoms. The molecule has 0 aromatic carbocycles. The van der Waals surface area contributed by atoms with Crippen LogP contribution < -0.4 is 5.32 Å². The number of aryl methyl sites for hydroxylation is 3. The molecule has 21 heavy (non-hydrogen) atoms. The van der Waals surface area contributed by atoms with Gasteiger partial charge in [-0.1, -0.05) is 0 Å². The number of hydrogen-bond donors (Lipinski definition) is 1. The molecule has 112 valence electrons. The third-order valence-electron chi connectivity index (χ3n) is 3.05. The highest BCUT2D eigenvalue weighted by atomic mass is 16.6. The van der Waals surface area contributed by atoms with Crippen molar-refractivity contribution in [2.45, 2.75) is 26.9 Å². The Bertz CT molecular complexity index is 668. The molecule has 1 amide bonds. The number of carbonyl (C=O) groups excluding carboxylic acids is 1. The van der Waals surface area contributed by atoms with Gasteiger partial charge in [0.15, 0.2) is 0 Å². The molecule has 9 heteroatoms. The molecular formula is C12H16N6O3. The van der Waals surface area contributed by atoms with Gasteiger partial charge in [0, 0.05) is 12.7 Å². The second-order valence-corrected chi connectivity index (χ2v) is 4.73. The van der Waals surface area contributed by atoms with Gasteiger partial charge in [0.25, 0.3) is 0 Å². The summed E-state index contributed by atoms with van der Waals surface area (Å²) in [6.45, 7) is 3.69. The first-order valence-corrected chi connectivity index (χ1v) is 6.31. The number of hydrogen-bond acceptors (Lipinski definition) is 5. The molecular weight excluding hydrogens is 276 g/mol. The molecule has 0 unspecified atom stereocenters. The second kappa shape index (κ2) is 5.73. The van der Waals surface area contributed by atoms with Crippen LogP contribution in [0.3, 0.4) is 0 Å². The molecule has 0 aliphatic rings. The molecule has 2 rings (SSSR count). The van der Waals surface area contributed by atoms with Gasteiger partial charge in [-0.05, 0) is 19.9 Å². The summed E-state index contributed by atoms with van der Waals surface area (Å²) < 4.78 is 2.98. The van der Waals surface area contributed by atoms with Crippen molar-refractivity contribution in [1.29, 1.82) is 0 Å². The van der Waals surface area contributed by atoms with Gasteiger partial charge in [0.1, 0.15) is 18.4 Å². The van der Waals surface area contributed by atoms with E-state index in [1.165, 1.54) is 17.8 Å². The molecule has 0 spiro atoms. The summed E-state index contributed by atoms with van der Waals surface area (Å²) in [6, 6.07) is 1.88. The van der Waals surface area contributed by atoms with Gasteiger partial charge in [-0.3, -0.25) is 24.3 Å². The Morgan fingerprint density at radius 2 is 2.14 bits per heavy atom. The maximum absolute atomic E-state index is 11.8. The number of amides is 1. The summed E-state index contributed by atoms with van der Waals surface area (Å²) in [5.74, 6) is -0.282. The van der Waals surface area contributed by atoms with Crippen LogP contribution in [0.4, 0.5) is 5.69 Å². The number of nitro groups is 1. The zero-order chi connectivity index (χ0) is 15.6. The number of nitrogens with zero attached hydrogens (tertiary/aromatic N) is 5. The minimum absolute atomic E-state index is 0.0690. The van der Waals surface area contributed by atoms with Gasteiger partial charge in [0.2, 0.25) is 5.91 Å². The fourth-order valence-corrected chi connectivity index (χ4v) is 1.88. The van der Waals surface area contributed by atoms with Gasteiger partial charge < -0.3 is 5.32 Å². The van der Waals surface area contributed by atoms with Crippen LogP contribution in [-0.4, -0.2) is 30.4 Å². The normalized spacial score (nSPS) is 10.6. The van der Waals surface area contributed by atoms with E-state index in [1.807, 2.05) is 20.0 Å². The Hall–Kier alpha value is -2.71. The summed E-state index contributed by atoms with van der Waals surface area (Å²) >= 11 is 0. The monoisotopic (exact) mass is 292 g/mol. The van der Waals surface area contributed by atoms with Gasteiger partial charge >= 0.3 is 5.69 Å². The molecule has 0 aliphatic heterocycles. The largest absolute Gasteiger partial charge is 0.349 e. The van der Waals surface area contributed by atoms with E-state index in [0.29, 0.717) is 6.54 Å². The molecule has 1 N–H and O–H groups in total. The zero-order valence-corrected chi connectivity index (χ0v) is 12.0. The topological polar surface area (TPSA) is 108 Å². The van der Waals surface area contributed by atoms with Crippen LogP contribution in [0.25, 0.3) is 0 Å². The summed E-state index contributed by atoms with van der Waals surface area (Å²) in [5, 5.41) is 21.6. The molecule has 0 radical (unpaired) electrons. The smallest absolute Gasteiger partial charge is 0.309 e. The molecule has 2 heterocycles. The van der Waals surface area contributed by atoms with Crippen molar-refractivity contribution in [3.8, 4) is 0 Å². The number of rotatable bonds is 5. The molecule has 2 aromatic heterocycles. The second-order valence-electron chi connectivity index (χ2n) is 4.73. The van der Waals surface area contributed by atoms with Crippen molar-refractivity contribution in [1.82, 2.24) is 24.9 Å². The third kappa shape index (κ3) is 3.44. The average Bonchev–Trinajstić information content (AvgIpc) is 2.91. The lowest BCUT2D eigenvalue weighted by Gasteiger charge is -2.02. The first-order valence-electron chi connectivity index (χ1n) is 6.31. The van der Waals surface area contributed by atoms with Crippen molar-refractivity contribution in [2.24, 2.45) is 7.05 Å². The minimum atomic E-state index is -0.520. The predicted octanol–water partition coefficient (Wildman–Crippen LogP) is 0.458. The van der Waals surface area contributed by atoms with Crippen LogP contribution >= 0.6 is 0 Å². The third-order valence-corrected chi connectivity index (χ3v) is 3.05. The highest BCUT2D eigenvalue weighted by Gasteiger charge is 2.16. The van der Waals surface area contributed by atoms with E-state index < -0.39 is 4.92 Å². The highest BCUT2D eigenvalue weighted by molar-refractivity contribution is 5.75. The van der Waals surface area contributed by atoms with Crippen LogP contribution in [0.15, 0.2) is 12.3 Å². The maximum atomic E-state index is 11.8. The summed E-state index contributed by atoms with van der Waals surface area (Å²) in [5.41, 5.74) is 1.94. The van der Waals surface area contributed by atoms with E-state index in [2.05, 4.69) is 15.5 Å². The quantitative estimate of drug-likeness (QED) is 0.636. The molecule has 0 atom stereocenters. The lowest BCUT2D eigenvalue weighted by Crippen LogP contribution is -2.27. The average molecular weight is 292 g/mol. The summed E-state index contributed by atoms with van der Waals surface area (Å²) in [6.07, 6.45) is 1.25. The van der Waals surface area contributed by atoms with Crippen LogP contribution in [0.5, 0.6) is 0 Å².